The van der Waals surface area contributed by atoms with Crippen LogP contribution in [-0.2, 0) is 6.54 Å². The first-order chi connectivity index (χ1) is 9.36. The summed E-state index contributed by atoms with van der Waals surface area (Å²) in [6, 6.07) is 8.87. The van der Waals surface area contributed by atoms with Crippen LogP contribution in [0.4, 0.5) is 0 Å². The third kappa shape index (κ3) is 4.05. The minimum absolute atomic E-state index is 0.124. The number of piperazine rings is 1. The van der Waals surface area contributed by atoms with Crippen LogP contribution < -0.4 is 5.73 Å². The van der Waals surface area contributed by atoms with Crippen LogP contribution in [0.5, 0.6) is 0 Å². The Hall–Kier alpha value is -0.900. The molecule has 1 fully saturated rings. The molecule has 2 N–H and O–H groups in total. The van der Waals surface area contributed by atoms with Crippen LogP contribution in [0.3, 0.4) is 0 Å². The van der Waals surface area contributed by atoms with Gasteiger partial charge < -0.3 is 5.73 Å². The van der Waals surface area contributed by atoms with Crippen molar-refractivity contribution in [1.29, 1.82) is 0 Å². The zero-order valence-corrected chi connectivity index (χ0v) is 13.4. The van der Waals surface area contributed by atoms with Gasteiger partial charge in [0.2, 0.25) is 0 Å². The second-order valence-corrected chi connectivity index (χ2v) is 6.96. The SMILES string of the molecule is CC(N)c1ccc(CN2CCN(C(C)(C)C)CC2)cc1. The van der Waals surface area contributed by atoms with Gasteiger partial charge >= 0.3 is 0 Å². The second kappa shape index (κ2) is 6.25. The van der Waals surface area contributed by atoms with Gasteiger partial charge in [0.15, 0.2) is 0 Å². The fourth-order valence-corrected chi connectivity index (χ4v) is 2.76. The highest BCUT2D eigenvalue weighted by molar-refractivity contribution is 5.24. The molecule has 3 nitrogen and oxygen atoms in total. The van der Waals surface area contributed by atoms with Gasteiger partial charge in [-0.2, -0.15) is 0 Å². The minimum Gasteiger partial charge on any atom is -0.324 e. The molecule has 1 aromatic rings. The summed E-state index contributed by atoms with van der Waals surface area (Å²) in [7, 11) is 0. The third-order valence-electron chi connectivity index (χ3n) is 4.23. The molecule has 1 unspecified atom stereocenters. The molecule has 0 saturated carbocycles. The Labute approximate surface area is 123 Å². The molecule has 0 radical (unpaired) electrons. The van der Waals surface area contributed by atoms with Gasteiger partial charge in [-0.05, 0) is 38.8 Å². The van der Waals surface area contributed by atoms with Crippen molar-refractivity contribution in [3.8, 4) is 0 Å². The molecule has 0 amide bonds. The lowest BCUT2D eigenvalue weighted by Gasteiger charge is -2.42. The van der Waals surface area contributed by atoms with E-state index in [0.717, 1.165) is 19.6 Å². The lowest BCUT2D eigenvalue weighted by Crippen LogP contribution is -2.53. The lowest BCUT2D eigenvalue weighted by molar-refractivity contribution is 0.0591. The summed E-state index contributed by atoms with van der Waals surface area (Å²) in [6.07, 6.45) is 0. The van der Waals surface area contributed by atoms with Crippen LogP contribution in [0.1, 0.15) is 44.9 Å². The van der Waals surface area contributed by atoms with E-state index in [1.54, 1.807) is 0 Å². The van der Waals surface area contributed by atoms with Crippen molar-refractivity contribution in [2.24, 2.45) is 5.73 Å². The standard InChI is InChI=1S/C17H29N3/c1-14(18)16-7-5-15(6-8-16)13-19-9-11-20(12-10-19)17(2,3)4/h5-8,14H,9-13,18H2,1-4H3. The molecule has 0 bridgehead atoms. The molecule has 1 heterocycles. The van der Waals surface area contributed by atoms with Crippen molar-refractivity contribution < 1.29 is 0 Å². The van der Waals surface area contributed by atoms with Crippen LogP contribution in [0.25, 0.3) is 0 Å². The average Bonchev–Trinajstić information content (AvgIpc) is 2.39. The van der Waals surface area contributed by atoms with Gasteiger partial charge in [0.25, 0.3) is 0 Å². The highest BCUT2D eigenvalue weighted by Gasteiger charge is 2.25. The van der Waals surface area contributed by atoms with E-state index in [1.165, 1.54) is 24.2 Å². The molecular formula is C17H29N3. The van der Waals surface area contributed by atoms with E-state index >= 15 is 0 Å². The van der Waals surface area contributed by atoms with Crippen molar-refractivity contribution in [2.45, 2.75) is 45.8 Å². The second-order valence-electron chi connectivity index (χ2n) is 6.96. The Bertz CT molecular complexity index is 409. The molecule has 2 rings (SSSR count). The maximum atomic E-state index is 5.89. The van der Waals surface area contributed by atoms with E-state index in [-0.39, 0.29) is 6.04 Å². The fraction of sp³-hybridized carbons (Fsp3) is 0.647. The smallest absolute Gasteiger partial charge is 0.0266 e. The Kier molecular flexibility index (Phi) is 4.84. The van der Waals surface area contributed by atoms with Crippen molar-refractivity contribution in [3.05, 3.63) is 35.4 Å². The number of nitrogens with two attached hydrogens (primary N) is 1. The summed E-state index contributed by atoms with van der Waals surface area (Å²) in [5.74, 6) is 0. The Morgan fingerprint density at radius 1 is 1.05 bits per heavy atom. The van der Waals surface area contributed by atoms with E-state index in [0.29, 0.717) is 5.54 Å². The topological polar surface area (TPSA) is 32.5 Å². The highest BCUT2D eigenvalue weighted by Crippen LogP contribution is 2.18. The number of rotatable bonds is 3. The first-order valence-electron chi connectivity index (χ1n) is 7.68. The molecule has 1 aromatic carbocycles. The molecule has 0 aliphatic carbocycles. The van der Waals surface area contributed by atoms with E-state index in [2.05, 4.69) is 54.8 Å². The van der Waals surface area contributed by atoms with Gasteiger partial charge in [0.05, 0.1) is 0 Å². The normalized spacial score (nSPS) is 20.1. The fourth-order valence-electron chi connectivity index (χ4n) is 2.76. The van der Waals surface area contributed by atoms with Gasteiger partial charge in [-0.3, -0.25) is 9.80 Å². The molecular weight excluding hydrogens is 246 g/mol. The maximum absolute atomic E-state index is 5.89. The highest BCUT2D eigenvalue weighted by atomic mass is 15.3. The van der Waals surface area contributed by atoms with Crippen molar-refractivity contribution >= 4 is 0 Å². The predicted octanol–water partition coefficient (Wildman–Crippen LogP) is 2.62. The predicted molar refractivity (Wildman–Crippen MR) is 85.6 cm³/mol. The van der Waals surface area contributed by atoms with E-state index in [4.69, 9.17) is 5.73 Å². The zero-order chi connectivity index (χ0) is 14.8. The summed E-state index contributed by atoms with van der Waals surface area (Å²) in [6.45, 7) is 14.6. The van der Waals surface area contributed by atoms with Crippen LogP contribution in [0.15, 0.2) is 24.3 Å². The van der Waals surface area contributed by atoms with Gasteiger partial charge in [-0.25, -0.2) is 0 Å². The molecule has 1 aliphatic heterocycles. The first-order valence-corrected chi connectivity index (χ1v) is 7.68. The van der Waals surface area contributed by atoms with Gasteiger partial charge in [0.1, 0.15) is 0 Å². The van der Waals surface area contributed by atoms with E-state index < -0.39 is 0 Å². The van der Waals surface area contributed by atoms with Crippen LogP contribution in [0, 0.1) is 0 Å². The monoisotopic (exact) mass is 275 g/mol. The quantitative estimate of drug-likeness (QED) is 0.920. The Morgan fingerprint density at radius 2 is 1.60 bits per heavy atom. The number of nitrogens with zero attached hydrogens (tertiary/aromatic N) is 2. The molecule has 1 saturated heterocycles. The first kappa shape index (κ1) is 15.5. The molecule has 20 heavy (non-hydrogen) atoms. The number of hydrogen-bond donors (Lipinski definition) is 1. The van der Waals surface area contributed by atoms with Crippen molar-refractivity contribution in [2.75, 3.05) is 26.2 Å². The summed E-state index contributed by atoms with van der Waals surface area (Å²) in [4.78, 5) is 5.12. The van der Waals surface area contributed by atoms with Gasteiger partial charge in [-0.15, -0.1) is 0 Å². The Balaban J connectivity index is 1.86. The largest absolute Gasteiger partial charge is 0.324 e. The van der Waals surface area contributed by atoms with Crippen LogP contribution in [0.2, 0.25) is 0 Å². The third-order valence-corrected chi connectivity index (χ3v) is 4.23. The summed E-state index contributed by atoms with van der Waals surface area (Å²) in [5, 5.41) is 0. The van der Waals surface area contributed by atoms with E-state index in [9.17, 15) is 0 Å². The average molecular weight is 275 g/mol. The molecule has 1 aliphatic rings. The lowest BCUT2D eigenvalue weighted by atomic mass is 10.0. The molecule has 112 valence electrons. The molecule has 0 spiro atoms. The van der Waals surface area contributed by atoms with Gasteiger partial charge in [0, 0.05) is 44.3 Å². The summed E-state index contributed by atoms with van der Waals surface area (Å²) >= 11 is 0. The molecule has 0 aromatic heterocycles. The number of hydrogen-bond acceptors (Lipinski definition) is 3. The Morgan fingerprint density at radius 3 is 2.05 bits per heavy atom. The maximum Gasteiger partial charge on any atom is 0.0266 e. The molecule has 3 heteroatoms. The van der Waals surface area contributed by atoms with Crippen LogP contribution in [-0.4, -0.2) is 41.5 Å². The number of benzene rings is 1. The van der Waals surface area contributed by atoms with Gasteiger partial charge in [-0.1, -0.05) is 24.3 Å². The summed E-state index contributed by atoms with van der Waals surface area (Å²) in [5.41, 5.74) is 8.79. The molecule has 1 atom stereocenters. The van der Waals surface area contributed by atoms with Crippen molar-refractivity contribution in [1.82, 2.24) is 9.80 Å². The minimum atomic E-state index is 0.124. The van der Waals surface area contributed by atoms with Crippen LogP contribution >= 0.6 is 0 Å². The zero-order valence-electron chi connectivity index (χ0n) is 13.4. The van der Waals surface area contributed by atoms with E-state index in [1.807, 2.05) is 6.92 Å². The summed E-state index contributed by atoms with van der Waals surface area (Å²) < 4.78 is 0. The van der Waals surface area contributed by atoms with Crippen molar-refractivity contribution in [3.63, 3.8) is 0 Å².